The number of amides is 1. The molecule has 3 aromatic heterocycles. The highest BCUT2D eigenvalue weighted by Crippen LogP contribution is 2.25. The minimum atomic E-state index is -0.417. The topological polar surface area (TPSA) is 85.6 Å². The van der Waals surface area contributed by atoms with Crippen molar-refractivity contribution in [3.8, 4) is 16.4 Å². The SMILES string of the molecule is O=C(Nc1nncs1)c1nc(-c2cccs2)n(-c2ccccc2)n1. The van der Waals surface area contributed by atoms with Crippen molar-refractivity contribution in [2.24, 2.45) is 0 Å². The summed E-state index contributed by atoms with van der Waals surface area (Å²) in [5.41, 5.74) is 2.38. The quantitative estimate of drug-likeness (QED) is 0.609. The Bertz CT molecular complexity index is 947. The van der Waals surface area contributed by atoms with E-state index in [1.165, 1.54) is 22.7 Å². The van der Waals surface area contributed by atoms with E-state index in [1.807, 2.05) is 47.8 Å². The van der Waals surface area contributed by atoms with Gasteiger partial charge in [-0.05, 0) is 23.6 Å². The summed E-state index contributed by atoms with van der Waals surface area (Å²) in [5, 5.41) is 16.9. The first-order valence-corrected chi connectivity index (χ1v) is 8.71. The lowest BCUT2D eigenvalue weighted by Crippen LogP contribution is -2.14. The summed E-state index contributed by atoms with van der Waals surface area (Å²) in [5.74, 6) is 0.287. The van der Waals surface area contributed by atoms with Crippen LogP contribution in [0.25, 0.3) is 16.4 Å². The van der Waals surface area contributed by atoms with Crippen LogP contribution < -0.4 is 5.32 Å². The molecule has 1 aromatic carbocycles. The molecule has 24 heavy (non-hydrogen) atoms. The fraction of sp³-hybridized carbons (Fsp3) is 0. The number of thiophene rings is 1. The Kier molecular flexibility index (Phi) is 3.85. The lowest BCUT2D eigenvalue weighted by Gasteiger charge is -2.03. The highest BCUT2D eigenvalue weighted by Gasteiger charge is 2.20. The van der Waals surface area contributed by atoms with E-state index in [2.05, 4.69) is 25.6 Å². The molecule has 4 aromatic rings. The molecule has 0 aliphatic carbocycles. The van der Waals surface area contributed by atoms with E-state index in [1.54, 1.807) is 10.2 Å². The minimum absolute atomic E-state index is 0.0810. The van der Waals surface area contributed by atoms with Gasteiger partial charge in [-0.1, -0.05) is 35.6 Å². The molecular weight excluding hydrogens is 344 g/mol. The van der Waals surface area contributed by atoms with Crippen LogP contribution in [-0.2, 0) is 0 Å². The van der Waals surface area contributed by atoms with Gasteiger partial charge in [0, 0.05) is 0 Å². The Morgan fingerprint density at radius 1 is 1.08 bits per heavy atom. The first-order valence-electron chi connectivity index (χ1n) is 6.95. The highest BCUT2D eigenvalue weighted by molar-refractivity contribution is 7.13. The van der Waals surface area contributed by atoms with Gasteiger partial charge in [0.05, 0.1) is 10.6 Å². The number of aromatic nitrogens is 5. The smallest absolute Gasteiger partial charge is 0.294 e. The fourth-order valence-electron chi connectivity index (χ4n) is 2.10. The zero-order valence-corrected chi connectivity index (χ0v) is 13.8. The van der Waals surface area contributed by atoms with Crippen LogP contribution in [0.2, 0.25) is 0 Å². The number of benzene rings is 1. The van der Waals surface area contributed by atoms with Crippen LogP contribution in [0.1, 0.15) is 10.6 Å². The minimum Gasteiger partial charge on any atom is -0.294 e. The summed E-state index contributed by atoms with van der Waals surface area (Å²) in [7, 11) is 0. The van der Waals surface area contributed by atoms with Crippen molar-refractivity contribution in [2.45, 2.75) is 0 Å². The molecule has 4 rings (SSSR count). The van der Waals surface area contributed by atoms with Gasteiger partial charge in [0.15, 0.2) is 5.82 Å². The number of nitrogens with zero attached hydrogens (tertiary/aromatic N) is 5. The zero-order chi connectivity index (χ0) is 16.4. The van der Waals surface area contributed by atoms with E-state index in [-0.39, 0.29) is 5.82 Å². The summed E-state index contributed by atoms with van der Waals surface area (Å²) in [6, 6.07) is 13.5. The molecule has 3 heterocycles. The standard InChI is InChI=1S/C15H10N6OS2/c22-14(18-15-19-16-9-24-15)12-17-13(11-7-4-8-23-11)21(20-12)10-5-2-1-3-6-10/h1-9H,(H,18,19,22). The average Bonchev–Trinajstić information content (AvgIpc) is 3.36. The number of anilines is 1. The third-order valence-corrected chi connectivity index (χ3v) is 4.61. The molecule has 9 heteroatoms. The maximum atomic E-state index is 12.4. The van der Waals surface area contributed by atoms with E-state index in [4.69, 9.17) is 0 Å². The lowest BCUT2D eigenvalue weighted by molar-refractivity contribution is 0.101. The van der Waals surface area contributed by atoms with E-state index < -0.39 is 5.91 Å². The lowest BCUT2D eigenvalue weighted by atomic mass is 10.3. The molecule has 1 N–H and O–H groups in total. The van der Waals surface area contributed by atoms with Crippen molar-refractivity contribution in [1.82, 2.24) is 25.0 Å². The summed E-state index contributed by atoms with van der Waals surface area (Å²) in [6.07, 6.45) is 0. The Hall–Kier alpha value is -2.91. The molecule has 0 fully saturated rings. The maximum Gasteiger partial charge on any atom is 0.297 e. The molecule has 0 aliphatic rings. The summed E-state index contributed by atoms with van der Waals surface area (Å²) >= 11 is 2.78. The first kappa shape index (κ1) is 14.7. The molecule has 0 saturated carbocycles. The van der Waals surface area contributed by atoms with Crippen molar-refractivity contribution in [2.75, 3.05) is 5.32 Å². The molecule has 0 radical (unpaired) electrons. The molecule has 1 amide bonds. The van der Waals surface area contributed by atoms with E-state index in [0.29, 0.717) is 11.0 Å². The zero-order valence-electron chi connectivity index (χ0n) is 12.2. The molecule has 0 saturated heterocycles. The Morgan fingerprint density at radius 3 is 2.67 bits per heavy atom. The van der Waals surface area contributed by atoms with Crippen molar-refractivity contribution in [1.29, 1.82) is 0 Å². The second kappa shape index (κ2) is 6.30. The van der Waals surface area contributed by atoms with Crippen LogP contribution in [0.5, 0.6) is 0 Å². The second-order valence-electron chi connectivity index (χ2n) is 4.68. The fourth-order valence-corrected chi connectivity index (χ4v) is 3.24. The number of para-hydroxylation sites is 1. The molecule has 0 atom stereocenters. The monoisotopic (exact) mass is 354 g/mol. The molecule has 7 nitrogen and oxygen atoms in total. The average molecular weight is 354 g/mol. The summed E-state index contributed by atoms with van der Waals surface area (Å²) in [4.78, 5) is 17.7. The molecule has 0 unspecified atom stereocenters. The first-order chi connectivity index (χ1) is 11.8. The molecular formula is C15H10N6OS2. The third kappa shape index (κ3) is 2.82. The van der Waals surface area contributed by atoms with Crippen molar-refractivity contribution < 1.29 is 4.79 Å². The van der Waals surface area contributed by atoms with Gasteiger partial charge >= 0.3 is 0 Å². The number of hydrogen-bond acceptors (Lipinski definition) is 7. The number of nitrogens with one attached hydrogen (secondary N) is 1. The summed E-state index contributed by atoms with van der Waals surface area (Å²) < 4.78 is 1.67. The second-order valence-corrected chi connectivity index (χ2v) is 6.46. The number of hydrogen-bond donors (Lipinski definition) is 1. The Balaban J connectivity index is 1.75. The van der Waals surface area contributed by atoms with Gasteiger partial charge in [-0.2, -0.15) is 0 Å². The molecule has 118 valence electrons. The van der Waals surface area contributed by atoms with Crippen LogP contribution >= 0.6 is 22.7 Å². The summed E-state index contributed by atoms with van der Waals surface area (Å²) in [6.45, 7) is 0. The van der Waals surface area contributed by atoms with E-state index in [0.717, 1.165) is 10.6 Å². The van der Waals surface area contributed by atoms with Crippen molar-refractivity contribution in [3.63, 3.8) is 0 Å². The molecule has 0 bridgehead atoms. The normalized spacial score (nSPS) is 10.7. The van der Waals surface area contributed by atoms with Crippen molar-refractivity contribution >= 4 is 33.7 Å². The van der Waals surface area contributed by atoms with Crippen LogP contribution in [0.3, 0.4) is 0 Å². The van der Waals surface area contributed by atoms with Crippen LogP contribution in [0.15, 0.2) is 53.4 Å². The van der Waals surface area contributed by atoms with Gasteiger partial charge < -0.3 is 0 Å². The predicted octanol–water partition coefficient (Wildman–Crippen LogP) is 3.10. The molecule has 0 aliphatic heterocycles. The Labute approximate surface area is 144 Å². The molecule has 0 spiro atoms. The highest BCUT2D eigenvalue weighted by atomic mass is 32.1. The van der Waals surface area contributed by atoms with Gasteiger partial charge in [-0.3, -0.25) is 10.1 Å². The van der Waals surface area contributed by atoms with Crippen LogP contribution in [0.4, 0.5) is 5.13 Å². The Morgan fingerprint density at radius 2 is 1.96 bits per heavy atom. The van der Waals surface area contributed by atoms with Gasteiger partial charge in [-0.15, -0.1) is 26.6 Å². The van der Waals surface area contributed by atoms with Crippen molar-refractivity contribution in [3.05, 3.63) is 59.2 Å². The number of carbonyl (C=O) groups is 1. The largest absolute Gasteiger partial charge is 0.297 e. The van der Waals surface area contributed by atoms with E-state index in [9.17, 15) is 4.79 Å². The van der Waals surface area contributed by atoms with Gasteiger partial charge in [-0.25, -0.2) is 9.67 Å². The van der Waals surface area contributed by atoms with Gasteiger partial charge in [0.1, 0.15) is 5.51 Å². The van der Waals surface area contributed by atoms with Crippen LogP contribution in [-0.4, -0.2) is 30.9 Å². The van der Waals surface area contributed by atoms with Crippen LogP contribution in [0, 0.1) is 0 Å². The van der Waals surface area contributed by atoms with Gasteiger partial charge in [0.2, 0.25) is 11.0 Å². The number of rotatable bonds is 4. The predicted molar refractivity (Wildman–Crippen MR) is 92.5 cm³/mol. The van der Waals surface area contributed by atoms with Gasteiger partial charge in [0.25, 0.3) is 5.91 Å². The third-order valence-electron chi connectivity index (χ3n) is 3.13. The number of carbonyl (C=O) groups excluding carboxylic acids is 1. The van der Waals surface area contributed by atoms with E-state index >= 15 is 0 Å². The maximum absolute atomic E-state index is 12.4.